The summed E-state index contributed by atoms with van der Waals surface area (Å²) in [6, 6.07) is 8.15. The fraction of sp³-hybridized carbons (Fsp3) is 0.522. The molecule has 2 aliphatic rings. The summed E-state index contributed by atoms with van der Waals surface area (Å²) in [5, 5.41) is 1.03. The molecule has 1 amide bonds. The highest BCUT2D eigenvalue weighted by atomic mass is 79.9. The van der Waals surface area contributed by atoms with Crippen LogP contribution in [0.25, 0.3) is 10.9 Å². The minimum Gasteiger partial charge on any atom is -0.469 e. The molecular formula is C23H27BrN2O4. The highest BCUT2D eigenvalue weighted by Crippen LogP contribution is 2.46. The number of benzene rings is 1. The summed E-state index contributed by atoms with van der Waals surface area (Å²) in [4.78, 5) is 32.4. The second-order valence-corrected chi connectivity index (χ2v) is 10.3. The minimum absolute atomic E-state index is 0.0801. The first-order valence-corrected chi connectivity index (χ1v) is 11.0. The Bertz CT molecular complexity index is 1020. The van der Waals surface area contributed by atoms with Gasteiger partial charge in [0.15, 0.2) is 0 Å². The zero-order chi connectivity index (χ0) is 21.7. The van der Waals surface area contributed by atoms with Gasteiger partial charge in [-0.25, -0.2) is 4.79 Å². The van der Waals surface area contributed by atoms with E-state index < -0.39 is 11.0 Å². The minimum atomic E-state index is -0.779. The maximum absolute atomic E-state index is 13.1. The Morgan fingerprint density at radius 2 is 2.03 bits per heavy atom. The molecule has 1 fully saturated rings. The second-order valence-electron chi connectivity index (χ2n) is 9.35. The molecule has 2 heterocycles. The average molecular weight is 475 g/mol. The van der Waals surface area contributed by atoms with Gasteiger partial charge >= 0.3 is 12.1 Å². The first-order chi connectivity index (χ1) is 14.1. The van der Waals surface area contributed by atoms with Crippen molar-refractivity contribution < 1.29 is 19.1 Å². The lowest BCUT2D eigenvalue weighted by atomic mass is 9.62. The van der Waals surface area contributed by atoms with Crippen LogP contribution in [0.3, 0.4) is 0 Å². The highest BCUT2D eigenvalue weighted by molar-refractivity contribution is 9.10. The predicted octanol–water partition coefficient (Wildman–Crippen LogP) is 4.51. The number of pyridine rings is 1. The summed E-state index contributed by atoms with van der Waals surface area (Å²) >= 11 is 3.52. The van der Waals surface area contributed by atoms with E-state index >= 15 is 0 Å². The number of ether oxygens (including phenoxy) is 2. The van der Waals surface area contributed by atoms with E-state index in [4.69, 9.17) is 14.5 Å². The monoisotopic (exact) mass is 474 g/mol. The van der Waals surface area contributed by atoms with Crippen LogP contribution in [-0.4, -0.2) is 47.7 Å². The van der Waals surface area contributed by atoms with E-state index in [1.54, 1.807) is 4.90 Å². The van der Waals surface area contributed by atoms with E-state index in [-0.39, 0.29) is 18.0 Å². The highest BCUT2D eigenvalue weighted by Gasteiger charge is 2.54. The van der Waals surface area contributed by atoms with Gasteiger partial charge in [0, 0.05) is 28.6 Å². The Morgan fingerprint density at radius 3 is 2.73 bits per heavy atom. The molecule has 1 aromatic heterocycles. The summed E-state index contributed by atoms with van der Waals surface area (Å²) < 4.78 is 11.8. The van der Waals surface area contributed by atoms with Gasteiger partial charge < -0.3 is 14.4 Å². The summed E-state index contributed by atoms with van der Waals surface area (Å²) in [6.07, 6.45) is 1.55. The molecule has 0 bridgehead atoms. The Kier molecular flexibility index (Phi) is 5.29. The zero-order valence-corrected chi connectivity index (χ0v) is 19.4. The zero-order valence-electron chi connectivity index (χ0n) is 17.8. The molecular weight excluding hydrogens is 448 g/mol. The SMILES string of the molecule is COC(=O)[C@]12Cc3cc4cc(Br)ccc4nc3C[C@@H]1CCN(C(=O)OC(C)(C)C)C2. The number of carbonyl (C=O) groups is 2. The van der Waals surface area contributed by atoms with Gasteiger partial charge in [-0.2, -0.15) is 0 Å². The van der Waals surface area contributed by atoms with Crippen LogP contribution in [-0.2, 0) is 27.1 Å². The molecule has 0 unspecified atom stereocenters. The number of likely N-dealkylation sites (tertiary alicyclic amines) is 1. The Balaban J connectivity index is 1.71. The third-order valence-electron chi connectivity index (χ3n) is 6.14. The van der Waals surface area contributed by atoms with Crippen molar-refractivity contribution in [1.82, 2.24) is 9.88 Å². The quantitative estimate of drug-likeness (QED) is 0.568. The van der Waals surface area contributed by atoms with E-state index in [0.717, 1.165) is 26.6 Å². The molecule has 4 rings (SSSR count). The molecule has 30 heavy (non-hydrogen) atoms. The number of aromatic nitrogens is 1. The van der Waals surface area contributed by atoms with Gasteiger partial charge in [0.1, 0.15) is 5.60 Å². The maximum Gasteiger partial charge on any atom is 0.410 e. The first-order valence-electron chi connectivity index (χ1n) is 10.3. The second kappa shape index (κ2) is 7.52. The molecule has 1 aliphatic heterocycles. The molecule has 160 valence electrons. The molecule has 2 aromatic rings. The van der Waals surface area contributed by atoms with Crippen LogP contribution < -0.4 is 0 Å². The summed E-state index contributed by atoms with van der Waals surface area (Å²) in [5.74, 6) is -0.183. The number of esters is 1. The number of piperidine rings is 1. The molecule has 1 saturated heterocycles. The number of rotatable bonds is 1. The van der Waals surface area contributed by atoms with Crippen LogP contribution in [0, 0.1) is 11.3 Å². The molecule has 7 heteroatoms. The summed E-state index contributed by atoms with van der Waals surface area (Å²) in [6.45, 7) is 6.40. The van der Waals surface area contributed by atoms with Crippen molar-refractivity contribution in [2.75, 3.05) is 20.2 Å². The smallest absolute Gasteiger partial charge is 0.410 e. The van der Waals surface area contributed by atoms with Crippen LogP contribution in [0.4, 0.5) is 4.79 Å². The molecule has 6 nitrogen and oxygen atoms in total. The maximum atomic E-state index is 13.1. The third-order valence-corrected chi connectivity index (χ3v) is 6.63. The molecule has 0 saturated carbocycles. The van der Waals surface area contributed by atoms with E-state index in [9.17, 15) is 9.59 Å². The van der Waals surface area contributed by atoms with Gasteiger partial charge in [-0.3, -0.25) is 9.78 Å². The molecule has 1 aromatic carbocycles. The average Bonchev–Trinajstić information content (AvgIpc) is 2.68. The van der Waals surface area contributed by atoms with Crippen molar-refractivity contribution in [2.45, 2.75) is 45.6 Å². The van der Waals surface area contributed by atoms with Gasteiger partial charge in [0.05, 0.1) is 18.0 Å². The topological polar surface area (TPSA) is 68.7 Å². The van der Waals surface area contributed by atoms with Crippen molar-refractivity contribution in [1.29, 1.82) is 0 Å². The number of amides is 1. The predicted molar refractivity (Wildman–Crippen MR) is 117 cm³/mol. The van der Waals surface area contributed by atoms with Gasteiger partial charge in [0.2, 0.25) is 0 Å². The van der Waals surface area contributed by atoms with Crippen LogP contribution in [0.15, 0.2) is 28.7 Å². The molecule has 2 atom stereocenters. The lowest BCUT2D eigenvalue weighted by Gasteiger charge is -2.48. The standard InChI is InChI=1S/C23H27BrN2O4/c1-22(2,3)30-21(28)26-8-7-16-11-19-15(12-23(16,13-26)20(27)29-4)9-14-10-17(24)5-6-18(14)25-19/h5-6,9-10,16H,7-8,11-13H2,1-4H3/t16-,23-/m0/s1. The number of hydrogen-bond acceptors (Lipinski definition) is 5. The Hall–Kier alpha value is -2.15. The number of halogens is 1. The number of methoxy groups -OCH3 is 1. The fourth-order valence-electron chi connectivity index (χ4n) is 4.76. The van der Waals surface area contributed by atoms with Crippen molar-refractivity contribution in [2.24, 2.45) is 11.3 Å². The molecule has 0 radical (unpaired) electrons. The van der Waals surface area contributed by atoms with E-state index in [2.05, 4.69) is 22.0 Å². The van der Waals surface area contributed by atoms with Crippen molar-refractivity contribution >= 4 is 38.9 Å². The lowest BCUT2D eigenvalue weighted by molar-refractivity contribution is -0.161. The van der Waals surface area contributed by atoms with E-state index in [0.29, 0.717) is 32.4 Å². The first kappa shape index (κ1) is 21.1. The van der Waals surface area contributed by atoms with Crippen LogP contribution in [0.5, 0.6) is 0 Å². The van der Waals surface area contributed by atoms with E-state index in [1.165, 1.54) is 7.11 Å². The van der Waals surface area contributed by atoms with Crippen LogP contribution in [0.1, 0.15) is 38.4 Å². The molecule has 0 spiro atoms. The van der Waals surface area contributed by atoms with Gasteiger partial charge in [-0.1, -0.05) is 15.9 Å². The normalized spacial score (nSPS) is 23.5. The summed E-state index contributed by atoms with van der Waals surface area (Å²) in [5.41, 5.74) is 1.68. The Labute approximate surface area is 185 Å². The van der Waals surface area contributed by atoms with E-state index in [1.807, 2.05) is 39.0 Å². The molecule has 0 N–H and O–H groups in total. The largest absolute Gasteiger partial charge is 0.469 e. The Morgan fingerprint density at radius 1 is 1.27 bits per heavy atom. The van der Waals surface area contributed by atoms with Gasteiger partial charge in [-0.15, -0.1) is 0 Å². The van der Waals surface area contributed by atoms with Gasteiger partial charge in [0.25, 0.3) is 0 Å². The summed E-state index contributed by atoms with van der Waals surface area (Å²) in [7, 11) is 1.42. The third kappa shape index (κ3) is 3.80. The van der Waals surface area contributed by atoms with Crippen molar-refractivity contribution in [3.63, 3.8) is 0 Å². The van der Waals surface area contributed by atoms with Crippen molar-refractivity contribution in [3.8, 4) is 0 Å². The van der Waals surface area contributed by atoms with Gasteiger partial charge in [-0.05, 0) is 75.8 Å². The number of fused-ring (bicyclic) bond motifs is 3. The van der Waals surface area contributed by atoms with Crippen molar-refractivity contribution in [3.05, 3.63) is 40.0 Å². The number of hydrogen-bond donors (Lipinski definition) is 0. The van der Waals surface area contributed by atoms with Crippen LogP contribution >= 0.6 is 15.9 Å². The number of nitrogens with zero attached hydrogens (tertiary/aromatic N) is 2. The number of carbonyl (C=O) groups excluding carboxylic acids is 2. The lowest BCUT2D eigenvalue weighted by Crippen LogP contribution is -2.58. The fourth-order valence-corrected chi connectivity index (χ4v) is 5.14. The van der Waals surface area contributed by atoms with Crippen LogP contribution in [0.2, 0.25) is 0 Å². The molecule has 1 aliphatic carbocycles.